The second-order valence-electron chi connectivity index (χ2n) is 6.66. The summed E-state index contributed by atoms with van der Waals surface area (Å²) in [5, 5.41) is 2.72. The molecule has 1 aliphatic rings. The third-order valence-corrected chi connectivity index (χ3v) is 5.45. The summed E-state index contributed by atoms with van der Waals surface area (Å²) >= 11 is 2.12. The number of rotatable bonds is 4. The number of nitrogen functional groups attached to an aromatic ring is 1. The van der Waals surface area contributed by atoms with E-state index in [2.05, 4.69) is 32.9 Å². The Morgan fingerprint density at radius 3 is 2.61 bits per heavy atom. The quantitative estimate of drug-likeness (QED) is 0.475. The number of benzene rings is 2. The van der Waals surface area contributed by atoms with Crippen molar-refractivity contribution in [2.45, 2.75) is 0 Å². The minimum Gasteiger partial charge on any atom is -0.455 e. The van der Waals surface area contributed by atoms with Gasteiger partial charge in [-0.3, -0.25) is 4.90 Å². The summed E-state index contributed by atoms with van der Waals surface area (Å²) in [5.74, 6) is 1.01. The van der Waals surface area contributed by atoms with Crippen molar-refractivity contribution >= 4 is 51.8 Å². The van der Waals surface area contributed by atoms with Crippen LogP contribution in [0, 0.1) is 9.39 Å². The fourth-order valence-electron chi connectivity index (χ4n) is 3.02. The number of imide groups is 1. The Bertz CT molecular complexity index is 1120. The highest BCUT2D eigenvalue weighted by molar-refractivity contribution is 14.1. The maximum Gasteiger partial charge on any atom is 0.332 e. The molecule has 4 amide bonds. The number of carbonyl (C=O) groups excluding carboxylic acids is 2. The number of carbonyl (C=O) groups is 2. The topological polar surface area (TPSA) is 101 Å². The second kappa shape index (κ2) is 8.76. The van der Waals surface area contributed by atoms with Crippen LogP contribution in [0.3, 0.4) is 0 Å². The van der Waals surface area contributed by atoms with Crippen molar-refractivity contribution in [1.82, 2.24) is 9.88 Å². The molecule has 0 saturated carbocycles. The average Bonchev–Trinajstić information content (AvgIpc) is 3.14. The molecule has 1 fully saturated rings. The van der Waals surface area contributed by atoms with Gasteiger partial charge in [0.25, 0.3) is 0 Å². The van der Waals surface area contributed by atoms with Gasteiger partial charge in [-0.25, -0.2) is 23.9 Å². The smallest absolute Gasteiger partial charge is 0.332 e. The number of ether oxygens (including phenoxy) is 1. The SMILES string of the molecule is Nc1ccc(Oc2cc(NC(=O)N3CCN(c4ccc(F)cc4)C3=O)ccc2I)cn1. The molecule has 1 aromatic heterocycles. The number of halogens is 2. The van der Waals surface area contributed by atoms with Crippen molar-refractivity contribution in [2.75, 3.05) is 29.0 Å². The van der Waals surface area contributed by atoms with E-state index in [0.717, 1.165) is 8.47 Å². The molecule has 0 spiro atoms. The van der Waals surface area contributed by atoms with Crippen molar-refractivity contribution in [1.29, 1.82) is 0 Å². The first kappa shape index (κ1) is 20.8. The van der Waals surface area contributed by atoms with Crippen LogP contribution >= 0.6 is 22.6 Å². The van der Waals surface area contributed by atoms with Crippen LogP contribution in [-0.2, 0) is 0 Å². The summed E-state index contributed by atoms with van der Waals surface area (Å²) < 4.78 is 19.8. The van der Waals surface area contributed by atoms with Crippen molar-refractivity contribution in [3.63, 3.8) is 0 Å². The highest BCUT2D eigenvalue weighted by Crippen LogP contribution is 2.30. The van der Waals surface area contributed by atoms with Gasteiger partial charge in [-0.2, -0.15) is 0 Å². The largest absolute Gasteiger partial charge is 0.455 e. The van der Waals surface area contributed by atoms with E-state index in [9.17, 15) is 14.0 Å². The Morgan fingerprint density at radius 2 is 1.90 bits per heavy atom. The van der Waals surface area contributed by atoms with Gasteiger partial charge in [0.2, 0.25) is 0 Å². The molecule has 0 unspecified atom stereocenters. The molecule has 2 heterocycles. The van der Waals surface area contributed by atoms with Crippen molar-refractivity contribution < 1.29 is 18.7 Å². The first-order valence-corrected chi connectivity index (χ1v) is 10.3. The predicted molar refractivity (Wildman–Crippen MR) is 123 cm³/mol. The van der Waals surface area contributed by atoms with Gasteiger partial charge in [-0.05, 0) is 71.1 Å². The summed E-state index contributed by atoms with van der Waals surface area (Å²) in [6.07, 6.45) is 1.50. The molecule has 0 aliphatic carbocycles. The van der Waals surface area contributed by atoms with Crippen LogP contribution < -0.4 is 20.7 Å². The van der Waals surface area contributed by atoms with Gasteiger partial charge in [0, 0.05) is 24.0 Å². The van der Waals surface area contributed by atoms with E-state index >= 15 is 0 Å². The molecule has 3 aromatic rings. The lowest BCUT2D eigenvalue weighted by atomic mass is 10.3. The minimum absolute atomic E-state index is 0.215. The number of nitrogens with one attached hydrogen (secondary N) is 1. The molecule has 0 bridgehead atoms. The van der Waals surface area contributed by atoms with Crippen molar-refractivity contribution in [2.24, 2.45) is 0 Å². The number of aromatic nitrogens is 1. The predicted octanol–water partition coefficient (Wildman–Crippen LogP) is 4.67. The van der Waals surface area contributed by atoms with Crippen LogP contribution in [0.25, 0.3) is 0 Å². The van der Waals surface area contributed by atoms with E-state index in [0.29, 0.717) is 35.2 Å². The van der Waals surface area contributed by atoms with E-state index in [-0.39, 0.29) is 6.54 Å². The lowest BCUT2D eigenvalue weighted by Crippen LogP contribution is -2.39. The Balaban J connectivity index is 1.45. The van der Waals surface area contributed by atoms with Crippen LogP contribution in [0.1, 0.15) is 0 Å². The van der Waals surface area contributed by atoms with Gasteiger partial charge in [-0.1, -0.05) is 0 Å². The lowest BCUT2D eigenvalue weighted by Gasteiger charge is -2.18. The number of pyridine rings is 1. The molecule has 31 heavy (non-hydrogen) atoms. The lowest BCUT2D eigenvalue weighted by molar-refractivity contribution is 0.209. The van der Waals surface area contributed by atoms with Crippen LogP contribution in [0.15, 0.2) is 60.8 Å². The van der Waals surface area contributed by atoms with Gasteiger partial charge < -0.3 is 15.8 Å². The first-order valence-electron chi connectivity index (χ1n) is 9.25. The van der Waals surface area contributed by atoms with Crippen LogP contribution in [0.2, 0.25) is 0 Å². The molecule has 1 aliphatic heterocycles. The van der Waals surface area contributed by atoms with E-state index in [1.807, 2.05) is 0 Å². The van der Waals surface area contributed by atoms with Gasteiger partial charge in [-0.15, -0.1) is 0 Å². The standard InChI is InChI=1S/C21H17FIN5O3/c22-13-1-4-15(5-2-13)27-9-10-28(21(27)30)20(29)26-14-3-7-17(23)18(11-14)31-16-6-8-19(24)25-12-16/h1-8,11-12H,9-10H2,(H2,24,25)(H,26,29). The molecule has 1 saturated heterocycles. The zero-order valence-corrected chi connectivity index (χ0v) is 18.2. The number of urea groups is 2. The van der Waals surface area contributed by atoms with E-state index < -0.39 is 17.9 Å². The minimum atomic E-state index is -0.559. The Morgan fingerprint density at radius 1 is 1.13 bits per heavy atom. The number of hydrogen-bond acceptors (Lipinski definition) is 5. The fourth-order valence-corrected chi connectivity index (χ4v) is 3.46. The third kappa shape index (κ3) is 4.68. The first-order chi connectivity index (χ1) is 14.9. The Hall–Kier alpha value is -3.41. The normalized spacial score (nSPS) is 13.4. The number of anilines is 3. The average molecular weight is 533 g/mol. The van der Waals surface area contributed by atoms with Crippen LogP contribution in [0.5, 0.6) is 11.5 Å². The molecule has 8 nitrogen and oxygen atoms in total. The van der Waals surface area contributed by atoms with Gasteiger partial charge in [0.1, 0.15) is 23.1 Å². The highest BCUT2D eigenvalue weighted by atomic mass is 127. The summed E-state index contributed by atoms with van der Waals surface area (Å²) in [4.78, 5) is 31.9. The van der Waals surface area contributed by atoms with Crippen LogP contribution in [0.4, 0.5) is 31.2 Å². The summed E-state index contributed by atoms with van der Waals surface area (Å²) in [5.41, 5.74) is 6.59. The zero-order valence-electron chi connectivity index (χ0n) is 16.1. The molecule has 0 atom stereocenters. The second-order valence-corrected chi connectivity index (χ2v) is 7.82. The number of hydrogen-bond donors (Lipinski definition) is 2. The molecular formula is C21H17FIN5O3. The third-order valence-electron chi connectivity index (χ3n) is 4.56. The number of nitrogens with zero attached hydrogens (tertiary/aromatic N) is 3. The summed E-state index contributed by atoms with van der Waals surface area (Å²) in [6, 6.07) is 13.0. The fraction of sp³-hybridized carbons (Fsp3) is 0.0952. The number of nitrogens with two attached hydrogens (primary N) is 1. The van der Waals surface area contributed by atoms with Gasteiger partial charge >= 0.3 is 12.1 Å². The maximum absolute atomic E-state index is 13.1. The number of amides is 4. The van der Waals surface area contributed by atoms with Gasteiger partial charge in [0.05, 0.1) is 16.3 Å². The highest BCUT2D eigenvalue weighted by Gasteiger charge is 2.34. The summed E-state index contributed by atoms with van der Waals surface area (Å²) in [6.45, 7) is 0.538. The molecule has 158 valence electrons. The van der Waals surface area contributed by atoms with Gasteiger partial charge in [0.15, 0.2) is 0 Å². The van der Waals surface area contributed by atoms with E-state index in [1.165, 1.54) is 35.4 Å². The molecule has 0 radical (unpaired) electrons. The molecule has 4 rings (SSSR count). The monoisotopic (exact) mass is 533 g/mol. The molecular weight excluding hydrogens is 516 g/mol. The molecule has 2 aromatic carbocycles. The van der Waals surface area contributed by atoms with E-state index in [1.54, 1.807) is 30.3 Å². The molecule has 3 N–H and O–H groups in total. The zero-order chi connectivity index (χ0) is 22.0. The van der Waals surface area contributed by atoms with Crippen LogP contribution in [-0.4, -0.2) is 35.0 Å². The van der Waals surface area contributed by atoms with Crippen molar-refractivity contribution in [3.8, 4) is 11.5 Å². The summed E-state index contributed by atoms with van der Waals surface area (Å²) in [7, 11) is 0. The molecule has 10 heteroatoms. The maximum atomic E-state index is 13.1. The van der Waals surface area contributed by atoms with E-state index in [4.69, 9.17) is 10.5 Å². The Kier molecular flexibility index (Phi) is 5.89. The Labute approximate surface area is 190 Å². The van der Waals surface area contributed by atoms with Crippen molar-refractivity contribution in [3.05, 3.63) is 70.2 Å².